The largest absolute Gasteiger partial charge is 0.431 e. The number of rotatable bonds is 6. The van der Waals surface area contributed by atoms with Crippen molar-refractivity contribution in [2.45, 2.75) is 11.6 Å². The van der Waals surface area contributed by atoms with E-state index in [0.717, 1.165) is 28.9 Å². The minimum absolute atomic E-state index is 0.494. The van der Waals surface area contributed by atoms with Crippen molar-refractivity contribution in [1.82, 2.24) is 4.98 Å². The summed E-state index contributed by atoms with van der Waals surface area (Å²) in [5.41, 5.74) is 2.85. The molecule has 0 aliphatic heterocycles. The van der Waals surface area contributed by atoms with Gasteiger partial charge in [-0.25, -0.2) is 4.98 Å². The number of aromatic nitrogens is 1. The van der Waals surface area contributed by atoms with Crippen molar-refractivity contribution in [2.24, 2.45) is 0 Å². The summed E-state index contributed by atoms with van der Waals surface area (Å²) in [5, 5.41) is 0.597. The van der Waals surface area contributed by atoms with Crippen LogP contribution in [0.15, 0.2) is 70.3 Å². The zero-order valence-corrected chi connectivity index (χ0v) is 12.8. The molecular weight excluding hydrogens is 294 g/mol. The Kier molecular flexibility index (Phi) is 4.71. The Morgan fingerprint density at radius 2 is 1.59 bits per heavy atom. The minimum atomic E-state index is 0.494. The fraction of sp³-hybridized carbons (Fsp3) is 0.111. The fourth-order valence-electron chi connectivity index (χ4n) is 2.13. The van der Waals surface area contributed by atoms with E-state index in [1.54, 1.807) is 0 Å². The van der Waals surface area contributed by atoms with Crippen LogP contribution in [-0.4, -0.2) is 17.0 Å². The molecule has 22 heavy (non-hydrogen) atoms. The smallest absolute Gasteiger partial charge is 0.256 e. The Morgan fingerprint density at radius 1 is 0.955 bits per heavy atom. The average molecular weight is 309 g/mol. The van der Waals surface area contributed by atoms with Gasteiger partial charge >= 0.3 is 0 Å². The summed E-state index contributed by atoms with van der Waals surface area (Å²) in [6.45, 7) is 0. The second-order valence-corrected chi connectivity index (χ2v) is 5.74. The molecule has 0 amide bonds. The Hall–Kier alpha value is -2.33. The number of aldehydes is 1. The van der Waals surface area contributed by atoms with E-state index in [1.165, 1.54) is 11.8 Å². The molecule has 110 valence electrons. The van der Waals surface area contributed by atoms with Gasteiger partial charge in [-0.15, -0.1) is 0 Å². The molecule has 4 heteroatoms. The van der Waals surface area contributed by atoms with E-state index in [1.807, 2.05) is 60.7 Å². The van der Waals surface area contributed by atoms with E-state index in [-0.39, 0.29) is 0 Å². The molecule has 0 aliphatic rings. The molecule has 0 N–H and O–H groups in total. The van der Waals surface area contributed by atoms with Crippen LogP contribution >= 0.6 is 11.8 Å². The van der Waals surface area contributed by atoms with Crippen LogP contribution in [0.25, 0.3) is 22.6 Å². The summed E-state index contributed by atoms with van der Waals surface area (Å²) in [5.74, 6) is 1.44. The van der Waals surface area contributed by atoms with Crippen molar-refractivity contribution >= 4 is 18.0 Å². The molecule has 2 aromatic carbocycles. The molecule has 0 saturated heterocycles. The highest BCUT2D eigenvalue weighted by Crippen LogP contribution is 2.35. The monoisotopic (exact) mass is 309 g/mol. The molecular formula is C18H15NO2S. The number of carbonyl (C=O) groups is 1. The predicted octanol–water partition coefficient (Wildman–Crippen LogP) is 4.69. The predicted molar refractivity (Wildman–Crippen MR) is 88.8 cm³/mol. The summed E-state index contributed by atoms with van der Waals surface area (Å²) in [6, 6.07) is 19.9. The van der Waals surface area contributed by atoms with E-state index in [0.29, 0.717) is 17.4 Å². The second-order valence-electron chi connectivity index (χ2n) is 4.69. The highest BCUT2D eigenvalue weighted by molar-refractivity contribution is 7.99. The lowest BCUT2D eigenvalue weighted by molar-refractivity contribution is -0.107. The SMILES string of the molecule is O=CCCSc1nc(-c2ccccc2)c(-c2ccccc2)o1. The summed E-state index contributed by atoms with van der Waals surface area (Å²) in [6.07, 6.45) is 1.40. The molecule has 1 heterocycles. The number of hydrogen-bond donors (Lipinski definition) is 0. The van der Waals surface area contributed by atoms with Crippen molar-refractivity contribution in [1.29, 1.82) is 0 Å². The van der Waals surface area contributed by atoms with Crippen molar-refractivity contribution in [3.8, 4) is 22.6 Å². The number of carbonyl (C=O) groups excluding carboxylic acids is 1. The van der Waals surface area contributed by atoms with Gasteiger partial charge in [0.2, 0.25) is 0 Å². The van der Waals surface area contributed by atoms with Gasteiger partial charge in [-0.3, -0.25) is 0 Å². The topological polar surface area (TPSA) is 43.1 Å². The van der Waals surface area contributed by atoms with Gasteiger partial charge in [0, 0.05) is 23.3 Å². The van der Waals surface area contributed by atoms with E-state index in [4.69, 9.17) is 4.42 Å². The summed E-state index contributed by atoms with van der Waals surface area (Å²) in [7, 11) is 0. The van der Waals surface area contributed by atoms with E-state index >= 15 is 0 Å². The van der Waals surface area contributed by atoms with E-state index in [9.17, 15) is 4.79 Å². The standard InChI is InChI=1S/C18H15NO2S/c20-12-7-13-22-18-19-16(14-8-3-1-4-9-14)17(21-18)15-10-5-2-6-11-15/h1-6,8-12H,7,13H2. The zero-order valence-electron chi connectivity index (χ0n) is 11.9. The maximum Gasteiger partial charge on any atom is 0.256 e. The quantitative estimate of drug-likeness (QED) is 0.376. The van der Waals surface area contributed by atoms with Gasteiger partial charge in [-0.2, -0.15) is 0 Å². The van der Waals surface area contributed by atoms with Gasteiger partial charge in [0.1, 0.15) is 12.0 Å². The Balaban J connectivity index is 2.01. The molecule has 1 aromatic heterocycles. The van der Waals surface area contributed by atoms with Crippen LogP contribution in [-0.2, 0) is 4.79 Å². The van der Waals surface area contributed by atoms with Crippen molar-refractivity contribution < 1.29 is 9.21 Å². The molecule has 0 unspecified atom stereocenters. The molecule has 0 fully saturated rings. The molecule has 3 rings (SSSR count). The summed E-state index contributed by atoms with van der Waals surface area (Å²) in [4.78, 5) is 15.1. The number of hydrogen-bond acceptors (Lipinski definition) is 4. The normalized spacial score (nSPS) is 10.5. The lowest BCUT2D eigenvalue weighted by Gasteiger charge is -2.00. The summed E-state index contributed by atoms with van der Waals surface area (Å²) >= 11 is 1.46. The van der Waals surface area contributed by atoms with Gasteiger partial charge in [-0.05, 0) is 0 Å². The number of nitrogens with zero attached hydrogens (tertiary/aromatic N) is 1. The van der Waals surface area contributed by atoms with Gasteiger partial charge in [-0.1, -0.05) is 72.4 Å². The molecule has 0 spiro atoms. The van der Waals surface area contributed by atoms with Crippen molar-refractivity contribution in [3.63, 3.8) is 0 Å². The summed E-state index contributed by atoms with van der Waals surface area (Å²) < 4.78 is 5.94. The van der Waals surface area contributed by atoms with Gasteiger partial charge < -0.3 is 9.21 Å². The van der Waals surface area contributed by atoms with Crippen LogP contribution in [0, 0.1) is 0 Å². The number of thioether (sulfide) groups is 1. The van der Waals surface area contributed by atoms with Crippen molar-refractivity contribution in [2.75, 3.05) is 5.75 Å². The number of oxazole rings is 1. The Labute approximate surface area is 133 Å². The average Bonchev–Trinajstić information content (AvgIpc) is 3.01. The molecule has 3 nitrogen and oxygen atoms in total. The zero-order chi connectivity index (χ0) is 15.2. The minimum Gasteiger partial charge on any atom is -0.431 e. The molecule has 3 aromatic rings. The number of benzene rings is 2. The van der Waals surface area contributed by atoms with Crippen LogP contribution in [0.4, 0.5) is 0 Å². The van der Waals surface area contributed by atoms with Crippen LogP contribution < -0.4 is 0 Å². The molecule has 0 bridgehead atoms. The second kappa shape index (κ2) is 7.09. The first-order chi connectivity index (χ1) is 10.9. The fourth-order valence-corrected chi connectivity index (χ4v) is 2.82. The van der Waals surface area contributed by atoms with Gasteiger partial charge in [0.05, 0.1) is 0 Å². The lowest BCUT2D eigenvalue weighted by atomic mass is 10.1. The van der Waals surface area contributed by atoms with E-state index in [2.05, 4.69) is 4.98 Å². The molecule has 0 radical (unpaired) electrons. The van der Waals surface area contributed by atoms with Crippen LogP contribution in [0.2, 0.25) is 0 Å². The van der Waals surface area contributed by atoms with Crippen molar-refractivity contribution in [3.05, 3.63) is 60.7 Å². The van der Waals surface area contributed by atoms with E-state index < -0.39 is 0 Å². The maximum atomic E-state index is 10.4. The first kappa shape index (κ1) is 14.6. The first-order valence-electron chi connectivity index (χ1n) is 7.06. The molecule has 0 saturated carbocycles. The highest BCUT2D eigenvalue weighted by atomic mass is 32.2. The highest BCUT2D eigenvalue weighted by Gasteiger charge is 2.16. The van der Waals surface area contributed by atoms with Gasteiger partial charge in [0.25, 0.3) is 5.22 Å². The van der Waals surface area contributed by atoms with Crippen LogP contribution in [0.3, 0.4) is 0 Å². The third-order valence-corrected chi connectivity index (χ3v) is 4.01. The molecule has 0 aliphatic carbocycles. The molecule has 0 atom stereocenters. The Morgan fingerprint density at radius 3 is 2.23 bits per heavy atom. The van der Waals surface area contributed by atoms with Gasteiger partial charge in [0.15, 0.2) is 5.76 Å². The van der Waals surface area contributed by atoms with Crippen LogP contribution in [0.1, 0.15) is 6.42 Å². The maximum absolute atomic E-state index is 10.4. The third-order valence-electron chi connectivity index (χ3n) is 3.15. The first-order valence-corrected chi connectivity index (χ1v) is 8.05. The van der Waals surface area contributed by atoms with Crippen LogP contribution in [0.5, 0.6) is 0 Å². The third kappa shape index (κ3) is 3.28. The lowest BCUT2D eigenvalue weighted by Crippen LogP contribution is -1.82. The Bertz CT molecular complexity index is 681.